The van der Waals surface area contributed by atoms with Crippen LogP contribution in [-0.2, 0) is 4.74 Å². The molecule has 2 aliphatic rings. The van der Waals surface area contributed by atoms with E-state index in [0.29, 0.717) is 21.8 Å². The number of halogens is 2. The fraction of sp³-hybridized carbons (Fsp3) is 0.667. The van der Waals surface area contributed by atoms with Crippen molar-refractivity contribution in [2.45, 2.75) is 32.0 Å². The van der Waals surface area contributed by atoms with Gasteiger partial charge in [0.25, 0.3) is 0 Å². The summed E-state index contributed by atoms with van der Waals surface area (Å²) in [6.45, 7) is 3.68. The molecule has 0 N–H and O–H groups in total. The van der Waals surface area contributed by atoms with E-state index in [0.717, 1.165) is 13.1 Å². The lowest BCUT2D eigenvalue weighted by Gasteiger charge is -2.37. The zero-order valence-electron chi connectivity index (χ0n) is 10.1. The average molecular weight is 288 g/mol. The number of hydrogen-bond donors (Lipinski definition) is 0. The third-order valence-corrected chi connectivity index (χ3v) is 4.22. The van der Waals surface area contributed by atoms with E-state index in [1.807, 2.05) is 0 Å². The Bertz CT molecular complexity index is 453. The molecule has 0 amide bonds. The molecule has 1 aromatic rings. The lowest BCUT2D eigenvalue weighted by Crippen LogP contribution is -2.48. The summed E-state index contributed by atoms with van der Waals surface area (Å²) in [5.41, 5.74) is 0. The van der Waals surface area contributed by atoms with Crippen LogP contribution in [-0.4, -0.2) is 35.5 Å². The van der Waals surface area contributed by atoms with Gasteiger partial charge in [0.15, 0.2) is 5.82 Å². The molecule has 0 aromatic carbocycles. The van der Waals surface area contributed by atoms with E-state index in [9.17, 15) is 0 Å². The summed E-state index contributed by atoms with van der Waals surface area (Å²) in [5, 5.41) is 8.93. The topological polar surface area (TPSA) is 38.2 Å². The lowest BCUT2D eigenvalue weighted by atomic mass is 10.1. The minimum atomic E-state index is 0.182. The smallest absolute Gasteiger partial charge is 0.171 e. The molecule has 0 bridgehead atoms. The van der Waals surface area contributed by atoms with Crippen LogP contribution in [0.1, 0.15) is 19.8 Å². The quantitative estimate of drug-likeness (QED) is 0.838. The third kappa shape index (κ3) is 2.42. The molecule has 2 heterocycles. The van der Waals surface area contributed by atoms with Gasteiger partial charge in [-0.3, -0.25) is 0 Å². The van der Waals surface area contributed by atoms with Gasteiger partial charge in [-0.25, -0.2) is 0 Å². The predicted octanol–water partition coefficient (Wildman–Crippen LogP) is 2.79. The van der Waals surface area contributed by atoms with Crippen molar-refractivity contribution in [3.05, 3.63) is 16.2 Å². The van der Waals surface area contributed by atoms with Gasteiger partial charge in [-0.15, -0.1) is 5.10 Å². The predicted molar refractivity (Wildman–Crippen MR) is 71.3 cm³/mol. The van der Waals surface area contributed by atoms with E-state index in [1.165, 1.54) is 19.0 Å². The Balaban J connectivity index is 1.83. The summed E-state index contributed by atoms with van der Waals surface area (Å²) in [6, 6.07) is 0. The number of ether oxygens (including phenoxy) is 1. The Kier molecular flexibility index (Phi) is 3.34. The SMILES string of the molecule is C[C@@H]1CN(c2nncc(Cl)c2Cl)C[C@H](C2CC2)O1. The fourth-order valence-corrected chi connectivity index (χ4v) is 2.77. The average Bonchev–Trinajstić information content (AvgIpc) is 3.16. The van der Waals surface area contributed by atoms with Gasteiger partial charge in [-0.1, -0.05) is 23.2 Å². The van der Waals surface area contributed by atoms with E-state index in [1.54, 1.807) is 0 Å². The molecule has 98 valence electrons. The molecule has 3 rings (SSSR count). The van der Waals surface area contributed by atoms with E-state index in [-0.39, 0.29) is 12.2 Å². The first-order valence-electron chi connectivity index (χ1n) is 6.22. The maximum absolute atomic E-state index is 6.20. The highest BCUT2D eigenvalue weighted by molar-refractivity contribution is 6.43. The largest absolute Gasteiger partial charge is 0.371 e. The molecule has 0 unspecified atom stereocenters. The molecule has 2 atom stereocenters. The third-order valence-electron chi connectivity index (χ3n) is 3.46. The molecular formula is C12H15Cl2N3O. The first kappa shape index (κ1) is 12.5. The molecule has 1 aliphatic carbocycles. The summed E-state index contributed by atoms with van der Waals surface area (Å²) < 4.78 is 5.97. The zero-order valence-corrected chi connectivity index (χ0v) is 11.7. The maximum atomic E-state index is 6.20. The monoisotopic (exact) mass is 287 g/mol. The van der Waals surface area contributed by atoms with Gasteiger partial charge in [0.05, 0.1) is 23.4 Å². The maximum Gasteiger partial charge on any atom is 0.171 e. The number of morpholine rings is 1. The highest BCUT2D eigenvalue weighted by Gasteiger charge is 2.38. The van der Waals surface area contributed by atoms with Gasteiger partial charge < -0.3 is 9.64 Å². The first-order valence-corrected chi connectivity index (χ1v) is 6.98. The van der Waals surface area contributed by atoms with Crippen molar-refractivity contribution in [1.82, 2.24) is 10.2 Å². The van der Waals surface area contributed by atoms with Crippen LogP contribution in [0.4, 0.5) is 5.82 Å². The van der Waals surface area contributed by atoms with Gasteiger partial charge in [0.1, 0.15) is 5.02 Å². The highest BCUT2D eigenvalue weighted by Crippen LogP contribution is 2.38. The van der Waals surface area contributed by atoms with Crippen LogP contribution >= 0.6 is 23.2 Å². The molecule has 0 radical (unpaired) electrons. The minimum absolute atomic E-state index is 0.182. The van der Waals surface area contributed by atoms with Gasteiger partial charge in [-0.2, -0.15) is 5.10 Å². The van der Waals surface area contributed by atoms with Crippen LogP contribution in [0.15, 0.2) is 6.20 Å². The standard InChI is InChI=1S/C12H15Cl2N3O/c1-7-5-17(6-10(18-7)8-2-3-8)12-11(14)9(13)4-15-16-12/h4,7-8,10H,2-3,5-6H2,1H3/t7-,10-/m1/s1. The normalized spacial score (nSPS) is 28.5. The molecule has 1 saturated carbocycles. The number of rotatable bonds is 2. The summed E-state index contributed by atoms with van der Waals surface area (Å²) in [7, 11) is 0. The van der Waals surface area contributed by atoms with Gasteiger partial charge in [-0.05, 0) is 25.7 Å². The Morgan fingerprint density at radius 3 is 2.83 bits per heavy atom. The van der Waals surface area contributed by atoms with Crippen molar-refractivity contribution in [2.75, 3.05) is 18.0 Å². The van der Waals surface area contributed by atoms with Crippen molar-refractivity contribution in [3.63, 3.8) is 0 Å². The Morgan fingerprint density at radius 2 is 2.11 bits per heavy atom. The highest BCUT2D eigenvalue weighted by atomic mass is 35.5. The zero-order chi connectivity index (χ0) is 12.7. The molecular weight excluding hydrogens is 273 g/mol. The molecule has 18 heavy (non-hydrogen) atoms. The second-order valence-electron chi connectivity index (χ2n) is 5.06. The van der Waals surface area contributed by atoms with Crippen molar-refractivity contribution in [3.8, 4) is 0 Å². The van der Waals surface area contributed by atoms with Gasteiger partial charge in [0.2, 0.25) is 0 Å². The number of anilines is 1. The summed E-state index contributed by atoms with van der Waals surface area (Å²) in [4.78, 5) is 2.14. The molecule has 4 nitrogen and oxygen atoms in total. The summed E-state index contributed by atoms with van der Waals surface area (Å²) in [6.07, 6.45) is 4.46. The Labute approximate surface area is 116 Å². The molecule has 1 aromatic heterocycles. The molecule has 1 saturated heterocycles. The van der Waals surface area contributed by atoms with Crippen molar-refractivity contribution in [1.29, 1.82) is 0 Å². The minimum Gasteiger partial charge on any atom is -0.371 e. The van der Waals surface area contributed by atoms with Crippen LogP contribution in [0.25, 0.3) is 0 Å². The number of nitrogens with zero attached hydrogens (tertiary/aromatic N) is 3. The van der Waals surface area contributed by atoms with Crippen molar-refractivity contribution >= 4 is 29.0 Å². The van der Waals surface area contributed by atoms with Crippen LogP contribution in [0.2, 0.25) is 10.0 Å². The first-order chi connectivity index (χ1) is 8.65. The van der Waals surface area contributed by atoms with Crippen molar-refractivity contribution < 1.29 is 4.74 Å². The molecule has 1 aliphatic heterocycles. The van der Waals surface area contributed by atoms with Crippen LogP contribution in [0.3, 0.4) is 0 Å². The van der Waals surface area contributed by atoms with E-state index in [4.69, 9.17) is 27.9 Å². The lowest BCUT2D eigenvalue weighted by molar-refractivity contribution is -0.0274. The summed E-state index contributed by atoms with van der Waals surface area (Å²) >= 11 is 12.2. The van der Waals surface area contributed by atoms with E-state index < -0.39 is 0 Å². The van der Waals surface area contributed by atoms with E-state index in [2.05, 4.69) is 22.0 Å². The van der Waals surface area contributed by atoms with Crippen LogP contribution in [0, 0.1) is 5.92 Å². The van der Waals surface area contributed by atoms with Crippen LogP contribution < -0.4 is 4.90 Å². The second kappa shape index (κ2) is 4.83. The molecule has 0 spiro atoms. The van der Waals surface area contributed by atoms with Gasteiger partial charge >= 0.3 is 0 Å². The Morgan fingerprint density at radius 1 is 1.33 bits per heavy atom. The summed E-state index contributed by atoms with van der Waals surface area (Å²) in [5.74, 6) is 1.37. The number of hydrogen-bond acceptors (Lipinski definition) is 4. The second-order valence-corrected chi connectivity index (χ2v) is 5.84. The Hall–Kier alpha value is -0.580. The van der Waals surface area contributed by atoms with Crippen LogP contribution in [0.5, 0.6) is 0 Å². The molecule has 6 heteroatoms. The number of aromatic nitrogens is 2. The molecule has 2 fully saturated rings. The van der Waals surface area contributed by atoms with Gasteiger partial charge in [0, 0.05) is 13.1 Å². The fourth-order valence-electron chi connectivity index (χ4n) is 2.43. The van der Waals surface area contributed by atoms with Crippen molar-refractivity contribution in [2.24, 2.45) is 5.92 Å². The van der Waals surface area contributed by atoms with E-state index >= 15 is 0 Å².